The van der Waals surface area contributed by atoms with E-state index in [1.807, 2.05) is 30.3 Å². The first-order valence-corrected chi connectivity index (χ1v) is 7.47. The fraction of sp³-hybridized carbons (Fsp3) is 0.438. The van der Waals surface area contributed by atoms with Crippen LogP contribution < -0.4 is 5.32 Å². The summed E-state index contributed by atoms with van der Waals surface area (Å²) >= 11 is 0. The van der Waals surface area contributed by atoms with Gasteiger partial charge in [0, 0.05) is 13.6 Å². The van der Waals surface area contributed by atoms with Gasteiger partial charge in [-0.25, -0.2) is 9.78 Å². The van der Waals surface area contributed by atoms with Crippen LogP contribution in [0.4, 0.5) is 4.79 Å². The maximum absolute atomic E-state index is 12.4. The molecule has 0 unspecified atom stereocenters. The molecule has 0 aliphatic heterocycles. The second kappa shape index (κ2) is 7.23. The first-order valence-electron chi connectivity index (χ1n) is 7.47. The molecule has 0 atom stereocenters. The Bertz CT molecular complexity index is 633. The number of amides is 2. The average Bonchev–Trinajstić information content (AvgIpc) is 2.89. The Hall–Kier alpha value is -2.41. The summed E-state index contributed by atoms with van der Waals surface area (Å²) in [7, 11) is 1.77. The van der Waals surface area contributed by atoms with Crippen LogP contribution in [0.15, 0.2) is 36.7 Å². The molecule has 124 valence electrons. The number of benzene rings is 1. The van der Waals surface area contributed by atoms with E-state index in [2.05, 4.69) is 15.4 Å². The van der Waals surface area contributed by atoms with Gasteiger partial charge in [0.15, 0.2) is 5.82 Å². The topological polar surface area (TPSA) is 83.3 Å². The largest absolute Gasteiger partial charge is 0.389 e. The summed E-state index contributed by atoms with van der Waals surface area (Å²) in [6, 6.07) is 9.41. The third-order valence-electron chi connectivity index (χ3n) is 3.13. The van der Waals surface area contributed by atoms with Crippen molar-refractivity contribution in [2.24, 2.45) is 7.05 Å². The number of urea groups is 1. The summed E-state index contributed by atoms with van der Waals surface area (Å²) in [4.78, 5) is 18.1. The molecule has 2 rings (SSSR count). The van der Waals surface area contributed by atoms with E-state index in [-0.39, 0.29) is 19.1 Å². The Labute approximate surface area is 136 Å². The van der Waals surface area contributed by atoms with Crippen molar-refractivity contribution in [3.05, 3.63) is 48.0 Å². The normalized spacial score (nSPS) is 11.3. The number of aliphatic hydroxyl groups is 1. The van der Waals surface area contributed by atoms with Crippen molar-refractivity contribution in [3.8, 4) is 0 Å². The van der Waals surface area contributed by atoms with Gasteiger partial charge in [-0.3, -0.25) is 4.68 Å². The average molecular weight is 317 g/mol. The number of nitrogens with one attached hydrogen (secondary N) is 1. The second-order valence-corrected chi connectivity index (χ2v) is 6.15. The van der Waals surface area contributed by atoms with E-state index in [1.165, 1.54) is 0 Å². The zero-order valence-electron chi connectivity index (χ0n) is 13.7. The van der Waals surface area contributed by atoms with E-state index in [1.54, 1.807) is 36.8 Å². The molecule has 1 heterocycles. The quantitative estimate of drug-likeness (QED) is 0.841. The van der Waals surface area contributed by atoms with Crippen LogP contribution >= 0.6 is 0 Å². The van der Waals surface area contributed by atoms with Crippen molar-refractivity contribution in [2.75, 3.05) is 6.54 Å². The fourth-order valence-corrected chi connectivity index (χ4v) is 2.20. The summed E-state index contributed by atoms with van der Waals surface area (Å²) in [6.07, 6.45) is 1.58. The van der Waals surface area contributed by atoms with Crippen LogP contribution in [0.25, 0.3) is 0 Å². The predicted octanol–water partition coefficient (Wildman–Crippen LogP) is 1.30. The lowest BCUT2D eigenvalue weighted by atomic mass is 10.1. The zero-order valence-corrected chi connectivity index (χ0v) is 13.7. The molecule has 23 heavy (non-hydrogen) atoms. The monoisotopic (exact) mass is 317 g/mol. The molecule has 0 fully saturated rings. The molecule has 7 heteroatoms. The van der Waals surface area contributed by atoms with E-state index in [0.717, 1.165) is 5.56 Å². The van der Waals surface area contributed by atoms with E-state index in [4.69, 9.17) is 0 Å². The van der Waals surface area contributed by atoms with Crippen molar-refractivity contribution in [1.29, 1.82) is 0 Å². The molecule has 0 radical (unpaired) electrons. The van der Waals surface area contributed by atoms with Gasteiger partial charge in [0.1, 0.15) is 6.33 Å². The molecular formula is C16H23N5O2. The van der Waals surface area contributed by atoms with E-state index in [9.17, 15) is 9.90 Å². The molecule has 2 aromatic rings. The highest BCUT2D eigenvalue weighted by Gasteiger charge is 2.22. The molecule has 1 aromatic carbocycles. The number of rotatable bonds is 6. The van der Waals surface area contributed by atoms with Gasteiger partial charge in [-0.1, -0.05) is 30.3 Å². The van der Waals surface area contributed by atoms with E-state index >= 15 is 0 Å². The van der Waals surface area contributed by atoms with Crippen LogP contribution in [0.5, 0.6) is 0 Å². The summed E-state index contributed by atoms with van der Waals surface area (Å²) < 4.78 is 1.58. The highest BCUT2D eigenvalue weighted by Crippen LogP contribution is 2.10. The predicted molar refractivity (Wildman–Crippen MR) is 86.4 cm³/mol. The summed E-state index contributed by atoms with van der Waals surface area (Å²) in [5.41, 5.74) is 0.0258. The number of carbonyl (C=O) groups is 1. The standard InChI is InChI=1S/C16H23N5O2/c1-16(2,23)11-21(10-13-7-5-4-6-8-13)15(22)17-9-14-18-12-20(3)19-14/h4-8,12,23H,9-11H2,1-3H3,(H,17,22). The van der Waals surface area contributed by atoms with Gasteiger partial charge in [-0.15, -0.1) is 0 Å². The fourth-order valence-electron chi connectivity index (χ4n) is 2.20. The van der Waals surface area contributed by atoms with Crippen LogP contribution in [-0.2, 0) is 20.1 Å². The number of aromatic nitrogens is 3. The summed E-state index contributed by atoms with van der Waals surface area (Å²) in [5, 5.41) is 17.0. The first-order chi connectivity index (χ1) is 10.8. The molecule has 0 spiro atoms. The lowest BCUT2D eigenvalue weighted by Gasteiger charge is -2.29. The van der Waals surface area contributed by atoms with Crippen molar-refractivity contribution < 1.29 is 9.90 Å². The van der Waals surface area contributed by atoms with Crippen molar-refractivity contribution in [2.45, 2.75) is 32.5 Å². The lowest BCUT2D eigenvalue weighted by molar-refractivity contribution is 0.0446. The molecular weight excluding hydrogens is 294 g/mol. The van der Waals surface area contributed by atoms with E-state index in [0.29, 0.717) is 12.4 Å². The Kier molecular flexibility index (Phi) is 5.33. The Morgan fingerprint density at radius 1 is 1.35 bits per heavy atom. The number of hydrogen-bond donors (Lipinski definition) is 2. The maximum Gasteiger partial charge on any atom is 0.318 e. The van der Waals surface area contributed by atoms with Gasteiger partial charge in [0.2, 0.25) is 0 Å². The van der Waals surface area contributed by atoms with Crippen molar-refractivity contribution in [1.82, 2.24) is 25.0 Å². The number of nitrogens with zero attached hydrogens (tertiary/aromatic N) is 4. The van der Waals surface area contributed by atoms with E-state index < -0.39 is 5.60 Å². The van der Waals surface area contributed by atoms with Crippen molar-refractivity contribution >= 4 is 6.03 Å². The van der Waals surface area contributed by atoms with Crippen LogP contribution in [0.3, 0.4) is 0 Å². The molecule has 2 N–H and O–H groups in total. The van der Waals surface area contributed by atoms with Gasteiger partial charge in [-0.2, -0.15) is 5.10 Å². The molecule has 0 aliphatic carbocycles. The third-order valence-corrected chi connectivity index (χ3v) is 3.13. The number of hydrogen-bond acceptors (Lipinski definition) is 4. The summed E-state index contributed by atoms with van der Waals surface area (Å²) in [5.74, 6) is 0.545. The second-order valence-electron chi connectivity index (χ2n) is 6.15. The Morgan fingerprint density at radius 2 is 2.04 bits per heavy atom. The Balaban J connectivity index is 2.01. The minimum atomic E-state index is -0.977. The molecule has 7 nitrogen and oxygen atoms in total. The SMILES string of the molecule is Cn1cnc(CNC(=O)N(Cc2ccccc2)CC(C)(C)O)n1. The van der Waals surface area contributed by atoms with Crippen LogP contribution in [0.2, 0.25) is 0 Å². The molecule has 1 aromatic heterocycles. The smallest absolute Gasteiger partial charge is 0.318 e. The van der Waals surface area contributed by atoms with Gasteiger partial charge < -0.3 is 15.3 Å². The highest BCUT2D eigenvalue weighted by molar-refractivity contribution is 5.74. The molecule has 0 bridgehead atoms. The molecule has 2 amide bonds. The minimum absolute atomic E-state index is 0.226. The molecule has 0 saturated carbocycles. The van der Waals surface area contributed by atoms with Crippen molar-refractivity contribution in [3.63, 3.8) is 0 Å². The molecule has 0 saturated heterocycles. The highest BCUT2D eigenvalue weighted by atomic mass is 16.3. The van der Waals surface area contributed by atoms with Gasteiger partial charge >= 0.3 is 6.03 Å². The molecule has 0 aliphatic rings. The maximum atomic E-state index is 12.4. The summed E-state index contributed by atoms with van der Waals surface area (Å²) in [6.45, 7) is 4.25. The Morgan fingerprint density at radius 3 is 2.61 bits per heavy atom. The van der Waals surface area contributed by atoms with Gasteiger partial charge in [0.05, 0.1) is 18.7 Å². The lowest BCUT2D eigenvalue weighted by Crippen LogP contribution is -2.46. The van der Waals surface area contributed by atoms with Gasteiger partial charge in [0.25, 0.3) is 0 Å². The number of carbonyl (C=O) groups excluding carboxylic acids is 1. The first kappa shape index (κ1) is 17.0. The van der Waals surface area contributed by atoms with Crippen LogP contribution in [0, 0.1) is 0 Å². The minimum Gasteiger partial charge on any atom is -0.389 e. The zero-order chi connectivity index (χ0) is 16.9. The van der Waals surface area contributed by atoms with Gasteiger partial charge in [-0.05, 0) is 19.4 Å². The third kappa shape index (κ3) is 5.71. The van der Waals surface area contributed by atoms with Crippen LogP contribution in [-0.4, -0.2) is 42.9 Å². The van der Waals surface area contributed by atoms with Crippen LogP contribution in [0.1, 0.15) is 25.2 Å². The number of aryl methyl sites for hydroxylation is 1.